The summed E-state index contributed by atoms with van der Waals surface area (Å²) < 4.78 is 34.1. The second kappa shape index (κ2) is 50.6. The first kappa shape index (κ1) is 98.3. The van der Waals surface area contributed by atoms with Crippen molar-refractivity contribution in [3.63, 3.8) is 0 Å². The quantitative estimate of drug-likeness (QED) is 0.0394. The molecule has 0 amide bonds. The van der Waals surface area contributed by atoms with Gasteiger partial charge in [0.25, 0.3) is 0 Å². The molecule has 20 rings (SSSR count). The molecule has 0 saturated carbocycles. The fraction of sp³-hybridized carbons (Fsp3) is 0.0808. The van der Waals surface area contributed by atoms with Crippen LogP contribution in [0.25, 0.3) is 98.1 Å². The number of aromatic nitrogens is 9. The van der Waals surface area contributed by atoms with Gasteiger partial charge in [0.1, 0.15) is 5.15 Å². The summed E-state index contributed by atoms with van der Waals surface area (Å²) in [4.78, 5) is 59.5. The van der Waals surface area contributed by atoms with E-state index in [0.717, 1.165) is 110 Å². The molecule has 29 heteroatoms. The lowest BCUT2D eigenvalue weighted by Gasteiger charge is -2.07. The van der Waals surface area contributed by atoms with Gasteiger partial charge in [-0.05, 0) is 300 Å². The number of pyridine rings is 5. The molecule has 0 atom stereocenters. The van der Waals surface area contributed by atoms with E-state index in [1.54, 1.807) is 54.6 Å². The largest absolute Gasteiger partial charge is 0.478 e. The van der Waals surface area contributed by atoms with Gasteiger partial charge < -0.3 is 44.0 Å². The molecule has 0 aliphatic heterocycles. The number of para-hydroxylation sites is 4. The molecule has 9 heterocycles. The van der Waals surface area contributed by atoms with Crippen molar-refractivity contribution in [3.05, 3.63) is 426 Å². The Kier molecular flexibility index (Phi) is 38.9. The molecule has 0 aliphatic rings. The Morgan fingerprint density at radius 3 is 1.16 bits per heavy atom. The molecule has 0 spiro atoms. The van der Waals surface area contributed by atoms with Crippen molar-refractivity contribution in [2.75, 3.05) is 14.3 Å². The highest BCUT2D eigenvalue weighted by molar-refractivity contribution is 8.24. The number of methoxy groups -OCH3 is 1. The predicted molar refractivity (Wildman–Crippen MR) is 534 cm³/mol. The molecule has 0 radical (unpaired) electrons. The Morgan fingerprint density at radius 1 is 0.422 bits per heavy atom. The molecule has 9 aromatic heterocycles. The number of hydrogen-bond donors (Lipinski definition) is 6. The number of aromatic carboxylic acids is 1. The summed E-state index contributed by atoms with van der Waals surface area (Å²) in [6.45, 7) is 8.63. The summed E-state index contributed by atoms with van der Waals surface area (Å²) in [6.07, 6.45) is 7.99. The van der Waals surface area contributed by atoms with E-state index in [4.69, 9.17) is 90.9 Å². The Balaban J connectivity index is 0.000000163. The molecular weight excluding hydrogens is 1820 g/mol. The highest BCUT2D eigenvalue weighted by Crippen LogP contribution is 2.61. The lowest BCUT2D eigenvalue weighted by molar-refractivity contribution is 0.0599. The number of aromatic amines is 3. The molecular formula is C99H85BCl9FN9O8P. The maximum Gasteiger partial charge on any atom is 0.448 e. The van der Waals surface area contributed by atoms with Crippen LogP contribution in [0, 0.1) is 20.8 Å². The van der Waals surface area contributed by atoms with E-state index in [1.165, 1.54) is 58.1 Å². The molecule has 0 fully saturated rings. The van der Waals surface area contributed by atoms with Gasteiger partial charge in [-0.25, -0.2) is 14.6 Å². The third-order valence-corrected chi connectivity index (χ3v) is 19.6. The molecule has 17 nitrogen and oxygen atoms in total. The maximum atomic E-state index is 11.6. The van der Waals surface area contributed by atoms with Gasteiger partial charge >= 0.3 is 24.3 Å². The second-order valence-corrected chi connectivity index (χ2v) is 37.0. The number of alkyl halides is 1. The van der Waals surface area contributed by atoms with Gasteiger partial charge in [0.05, 0.1) is 48.8 Å². The SMILES string of the molecule is CB(O)O.COC(=O)c1cccc(Cn2ccc3ccccc32)c1.Cc1ccc2cc(Cl)ccc2n1.Cc1ccc2cc(Cl)ccc2n1.Cc1ccc2cc(Cl)ccc2n1.Clc1ccc2nc(Cl)ccc2c1.O=C(O)c1cccc(Cn2ccc3ccccc32)c1.O=P(Cl)(Cl)Cl.O=c1ccc2cc(Cl)ccc2[nH]1.[2H]CF.c1ccc2[nH]ccc2c1.c1ccc2[nH]ccc2c1. The summed E-state index contributed by atoms with van der Waals surface area (Å²) in [5.41, 5.74) is 15.4. The van der Waals surface area contributed by atoms with Crippen molar-refractivity contribution in [3.8, 4) is 0 Å². The Bertz CT molecular complexity index is 6550. The summed E-state index contributed by atoms with van der Waals surface area (Å²) >= 11 is 48.6. The first-order valence-corrected chi connectivity index (χ1v) is 45.7. The number of hydrogen-bond acceptors (Lipinski definition) is 11. The Hall–Kier alpha value is -11.9. The van der Waals surface area contributed by atoms with E-state index in [9.17, 15) is 23.3 Å². The minimum atomic E-state index is -3.22. The molecule has 0 bridgehead atoms. The monoisotopic (exact) mass is 1900 g/mol. The van der Waals surface area contributed by atoms with Crippen molar-refractivity contribution in [2.45, 2.75) is 40.7 Å². The molecule has 0 aliphatic carbocycles. The van der Waals surface area contributed by atoms with E-state index in [2.05, 4.69) is 157 Å². The van der Waals surface area contributed by atoms with Crippen molar-refractivity contribution in [1.29, 1.82) is 0 Å². The van der Waals surface area contributed by atoms with Gasteiger partial charge in [0, 0.05) is 135 Å². The highest BCUT2D eigenvalue weighted by atomic mass is 36.0. The van der Waals surface area contributed by atoms with E-state index >= 15 is 0 Å². The number of fused-ring (bicyclic) bond motifs is 9. The molecule has 0 saturated heterocycles. The summed E-state index contributed by atoms with van der Waals surface area (Å²) in [5.74, 6) is -1.19. The molecule has 652 valence electrons. The highest BCUT2D eigenvalue weighted by Gasteiger charge is 2.10. The third kappa shape index (κ3) is 33.1. The predicted octanol–water partition coefficient (Wildman–Crippen LogP) is 29.0. The summed E-state index contributed by atoms with van der Waals surface area (Å²) in [5, 5.41) is 35.4. The van der Waals surface area contributed by atoms with Crippen molar-refractivity contribution in [2.24, 2.45) is 0 Å². The molecule has 6 N–H and O–H groups in total. The van der Waals surface area contributed by atoms with E-state index < -0.39 is 25.4 Å². The van der Waals surface area contributed by atoms with Crippen molar-refractivity contribution >= 4 is 226 Å². The van der Waals surface area contributed by atoms with E-state index in [0.29, 0.717) is 32.9 Å². The van der Waals surface area contributed by atoms with Crippen LogP contribution in [0.3, 0.4) is 0 Å². The number of carboxylic acid groups (broad SMARTS) is 1. The summed E-state index contributed by atoms with van der Waals surface area (Å²) in [7, 11) is -0.769. The number of carbonyl (C=O) groups is 2. The number of esters is 1. The fourth-order valence-electron chi connectivity index (χ4n) is 12.4. The third-order valence-electron chi connectivity index (χ3n) is 18.2. The van der Waals surface area contributed by atoms with Gasteiger partial charge in [-0.15, -0.1) is 0 Å². The van der Waals surface area contributed by atoms with Crippen molar-refractivity contribution < 1.29 is 39.8 Å². The fourth-order valence-corrected chi connectivity index (χ4v) is 13.5. The van der Waals surface area contributed by atoms with Crippen LogP contribution in [0.15, 0.2) is 351 Å². The van der Waals surface area contributed by atoms with Crippen LogP contribution < -0.4 is 5.56 Å². The normalized spacial score (nSPS) is 10.4. The number of ether oxygens (including phenoxy) is 1. The van der Waals surface area contributed by atoms with E-state index in [1.807, 2.05) is 227 Å². The van der Waals surface area contributed by atoms with Gasteiger partial charge in [-0.1, -0.05) is 185 Å². The molecule has 11 aromatic carbocycles. The average Bonchev–Trinajstić information content (AvgIpc) is 1.65. The van der Waals surface area contributed by atoms with Crippen LogP contribution in [-0.2, 0) is 22.4 Å². The lowest BCUT2D eigenvalue weighted by atomic mass is 9.99. The first-order chi connectivity index (χ1) is 61.9. The van der Waals surface area contributed by atoms with Gasteiger partial charge in [0.2, 0.25) is 5.56 Å². The van der Waals surface area contributed by atoms with Crippen LogP contribution in [0.2, 0.25) is 37.1 Å². The number of nitrogens with zero attached hydrogens (tertiary/aromatic N) is 6. The lowest BCUT2D eigenvalue weighted by Crippen LogP contribution is -2.03. The number of H-pyrrole nitrogens is 3. The molecule has 128 heavy (non-hydrogen) atoms. The van der Waals surface area contributed by atoms with Crippen LogP contribution in [0.4, 0.5) is 4.39 Å². The summed E-state index contributed by atoms with van der Waals surface area (Å²) in [6, 6.07) is 103. The van der Waals surface area contributed by atoms with Gasteiger partial charge in [-0.2, -0.15) is 0 Å². The number of halogens is 10. The number of benzene rings is 11. The first-order valence-electron chi connectivity index (χ1n) is 39.7. The topological polar surface area (TPSA) is 247 Å². The maximum absolute atomic E-state index is 11.6. The Labute approximate surface area is 784 Å². The van der Waals surface area contributed by atoms with Gasteiger partial charge in [0.15, 0.2) is 0 Å². The zero-order chi connectivity index (χ0) is 92.9. The molecule has 20 aromatic rings. The number of aryl methyl sites for hydroxylation is 3. The van der Waals surface area contributed by atoms with Crippen LogP contribution >= 0.6 is 109 Å². The van der Waals surface area contributed by atoms with E-state index in [-0.39, 0.29) is 11.5 Å². The van der Waals surface area contributed by atoms with Gasteiger partial charge in [-0.3, -0.25) is 28.7 Å². The minimum absolute atomic E-state index is 0.0928. The van der Waals surface area contributed by atoms with Crippen LogP contribution in [0.5, 0.6) is 0 Å². The van der Waals surface area contributed by atoms with Crippen LogP contribution in [-0.4, -0.2) is 92.5 Å². The number of carboxylic acids is 1. The second-order valence-electron chi connectivity index (χ2n) is 27.8. The smallest absolute Gasteiger partial charge is 0.448 e. The standard InChI is InChI=1S/C17H15NO2.C16H13NO2.3C10H8ClN.C9H5Cl2N.C9H6ClNO.2C8H7N.CH5BO2.CH3F.Cl3OP/c1-20-17(19)15-7-4-5-13(11-15)12-18-10-9-14-6-2-3-8-16(14)18;18-16(19)14-6-3-4-12(10-14)11-17-9-8-13-5-1-2-7-15(13)17;3*1-7-2-3-8-6-9(11)4-5-10(8)12-7;10-7-2-3-8-6(5-7)1-4-9(11)12-8;10-7-2-3-8-6(5-7)1-4-9(12)11-8;2*1-2-4-8-7(3-1)5-6-9-8;1-2(3)4;1-2;1-5(2,3)4/h2-11H,12H2,1H3;1-10H,11H2,(H,18,19);3*2-6H,1H3;1-5H;1-5H,(H,11,12);2*1-6,9H;3-4H,1H3;1H3;/i;;;;;;;;;;1D;. The number of carbonyl (C=O) groups excluding carboxylic acids is 1. The van der Waals surface area contributed by atoms with Crippen molar-refractivity contribution in [1.82, 2.24) is 44.0 Å². The molecule has 0 unspecified atom stereocenters. The zero-order valence-electron chi connectivity index (χ0n) is 70.4. The Morgan fingerprint density at radius 2 is 0.766 bits per heavy atom. The minimum Gasteiger partial charge on any atom is -0.478 e. The van der Waals surface area contributed by atoms with Crippen LogP contribution in [0.1, 0.15) is 50.3 Å². The number of nitrogens with one attached hydrogen (secondary N) is 3. The number of rotatable bonds is 6. The zero-order valence-corrected chi connectivity index (χ0v) is 77.1. The average molecular weight is 1910 g/mol.